The highest BCUT2D eigenvalue weighted by molar-refractivity contribution is 5.51. The largest absolute Gasteiger partial charge is 0.357 e. The fraction of sp³-hybridized carbons (Fsp3) is 0.250. The van der Waals surface area contributed by atoms with Crippen LogP contribution in [0.25, 0.3) is 11.5 Å². The van der Waals surface area contributed by atoms with Gasteiger partial charge in [-0.1, -0.05) is 0 Å². The zero-order chi connectivity index (χ0) is 9.97. The summed E-state index contributed by atoms with van der Waals surface area (Å²) in [6.45, 7) is 0. The third-order valence-electron chi connectivity index (χ3n) is 1.91. The highest BCUT2D eigenvalue weighted by Crippen LogP contribution is 2.14. The molecule has 14 heavy (non-hydrogen) atoms. The highest BCUT2D eigenvalue weighted by atomic mass is 15.3. The molecular weight excluding hydrogens is 180 g/mol. The van der Waals surface area contributed by atoms with Gasteiger partial charge in [-0.2, -0.15) is 0 Å². The van der Waals surface area contributed by atoms with E-state index in [0.29, 0.717) is 5.95 Å². The number of nitrogens with zero attached hydrogens (tertiary/aromatic N) is 5. The first-order chi connectivity index (χ1) is 6.83. The van der Waals surface area contributed by atoms with Crippen LogP contribution in [0.15, 0.2) is 18.6 Å². The van der Waals surface area contributed by atoms with Gasteiger partial charge in [-0.25, -0.2) is 9.97 Å². The molecule has 6 nitrogen and oxygen atoms in total. The Morgan fingerprint density at radius 1 is 1.36 bits per heavy atom. The minimum atomic E-state index is 0.707. The Morgan fingerprint density at radius 3 is 2.79 bits per heavy atom. The lowest BCUT2D eigenvalue weighted by molar-refractivity contribution is 0.917. The van der Waals surface area contributed by atoms with Crippen LogP contribution < -0.4 is 5.32 Å². The molecule has 0 radical (unpaired) electrons. The first kappa shape index (κ1) is 8.61. The molecule has 2 heterocycles. The summed E-state index contributed by atoms with van der Waals surface area (Å²) in [4.78, 5) is 7.94. The van der Waals surface area contributed by atoms with Crippen molar-refractivity contribution in [1.29, 1.82) is 0 Å². The van der Waals surface area contributed by atoms with Crippen molar-refractivity contribution < 1.29 is 0 Å². The van der Waals surface area contributed by atoms with Crippen molar-refractivity contribution in [3.63, 3.8) is 0 Å². The standard InChI is InChI=1S/C8H10N6/c1-9-8-13-12-7(14(8)2)6-3-4-10-5-11-6/h3-5H,1-2H3,(H,9,13). The smallest absolute Gasteiger partial charge is 0.224 e. The van der Waals surface area contributed by atoms with E-state index in [9.17, 15) is 0 Å². The Bertz CT molecular complexity index is 421. The molecule has 0 saturated carbocycles. The molecule has 0 aromatic carbocycles. The maximum Gasteiger partial charge on any atom is 0.224 e. The Morgan fingerprint density at radius 2 is 2.21 bits per heavy atom. The Balaban J connectivity index is 2.48. The first-order valence-corrected chi connectivity index (χ1v) is 4.16. The van der Waals surface area contributed by atoms with Gasteiger partial charge in [0.15, 0.2) is 5.82 Å². The molecule has 0 atom stereocenters. The van der Waals surface area contributed by atoms with Crippen molar-refractivity contribution in [2.75, 3.05) is 12.4 Å². The van der Waals surface area contributed by atoms with Crippen LogP contribution in [-0.2, 0) is 7.05 Å². The maximum atomic E-state index is 4.10. The van der Waals surface area contributed by atoms with Crippen molar-refractivity contribution in [2.45, 2.75) is 0 Å². The average molecular weight is 190 g/mol. The van der Waals surface area contributed by atoms with Gasteiger partial charge in [0, 0.05) is 20.3 Å². The minimum absolute atomic E-state index is 0.707. The van der Waals surface area contributed by atoms with E-state index in [1.807, 2.05) is 11.6 Å². The van der Waals surface area contributed by atoms with E-state index >= 15 is 0 Å². The molecule has 2 aromatic rings. The number of anilines is 1. The lowest BCUT2D eigenvalue weighted by Gasteiger charge is -2.01. The van der Waals surface area contributed by atoms with Gasteiger partial charge in [-0.3, -0.25) is 4.57 Å². The molecule has 0 aliphatic rings. The van der Waals surface area contributed by atoms with Crippen LogP contribution in [-0.4, -0.2) is 31.8 Å². The lowest BCUT2D eigenvalue weighted by atomic mass is 10.4. The summed E-state index contributed by atoms with van der Waals surface area (Å²) in [6, 6.07) is 1.80. The number of aromatic nitrogens is 5. The van der Waals surface area contributed by atoms with Crippen molar-refractivity contribution in [1.82, 2.24) is 24.7 Å². The van der Waals surface area contributed by atoms with Gasteiger partial charge in [-0.05, 0) is 6.07 Å². The van der Waals surface area contributed by atoms with E-state index in [0.717, 1.165) is 11.5 Å². The molecule has 0 saturated heterocycles. The summed E-state index contributed by atoms with van der Waals surface area (Å²) in [5, 5.41) is 10.9. The van der Waals surface area contributed by atoms with Crippen LogP contribution in [0, 0.1) is 0 Å². The van der Waals surface area contributed by atoms with Gasteiger partial charge in [0.05, 0.1) is 0 Å². The maximum absolute atomic E-state index is 4.10. The zero-order valence-electron chi connectivity index (χ0n) is 7.97. The number of hydrogen-bond donors (Lipinski definition) is 1. The second-order valence-corrected chi connectivity index (χ2v) is 2.75. The normalized spacial score (nSPS) is 10.1. The van der Waals surface area contributed by atoms with E-state index in [1.54, 1.807) is 19.3 Å². The average Bonchev–Trinajstić information content (AvgIpc) is 2.61. The van der Waals surface area contributed by atoms with Crippen LogP contribution in [0.3, 0.4) is 0 Å². The Hall–Kier alpha value is -1.98. The van der Waals surface area contributed by atoms with Crippen LogP contribution in [0.2, 0.25) is 0 Å². The molecule has 0 fully saturated rings. The molecule has 6 heteroatoms. The first-order valence-electron chi connectivity index (χ1n) is 4.16. The van der Waals surface area contributed by atoms with Gasteiger partial charge >= 0.3 is 0 Å². The Labute approximate surface area is 81.0 Å². The number of rotatable bonds is 2. The molecule has 1 N–H and O–H groups in total. The van der Waals surface area contributed by atoms with Crippen LogP contribution in [0.5, 0.6) is 0 Å². The van der Waals surface area contributed by atoms with Crippen LogP contribution in [0.4, 0.5) is 5.95 Å². The molecule has 0 aliphatic carbocycles. The summed E-state index contributed by atoms with van der Waals surface area (Å²) < 4.78 is 1.84. The predicted octanol–water partition coefficient (Wildman–Crippen LogP) is 0.314. The number of hydrogen-bond acceptors (Lipinski definition) is 5. The summed E-state index contributed by atoms with van der Waals surface area (Å²) in [6.07, 6.45) is 3.17. The fourth-order valence-corrected chi connectivity index (χ4v) is 1.19. The van der Waals surface area contributed by atoms with E-state index in [-0.39, 0.29) is 0 Å². The third kappa shape index (κ3) is 1.30. The minimum Gasteiger partial charge on any atom is -0.357 e. The lowest BCUT2D eigenvalue weighted by Crippen LogP contribution is -2.00. The van der Waals surface area contributed by atoms with Crippen molar-refractivity contribution in [3.8, 4) is 11.5 Å². The van der Waals surface area contributed by atoms with Crippen molar-refractivity contribution in [3.05, 3.63) is 18.6 Å². The molecule has 2 aromatic heterocycles. The second kappa shape index (κ2) is 3.41. The van der Waals surface area contributed by atoms with Gasteiger partial charge in [0.1, 0.15) is 12.0 Å². The summed E-state index contributed by atoms with van der Waals surface area (Å²) in [5.41, 5.74) is 0.761. The van der Waals surface area contributed by atoms with Gasteiger partial charge in [0.2, 0.25) is 5.95 Å². The third-order valence-corrected chi connectivity index (χ3v) is 1.91. The van der Waals surface area contributed by atoms with E-state index in [4.69, 9.17) is 0 Å². The van der Waals surface area contributed by atoms with Crippen LogP contribution in [0.1, 0.15) is 0 Å². The topological polar surface area (TPSA) is 68.5 Å². The van der Waals surface area contributed by atoms with Crippen LogP contribution >= 0.6 is 0 Å². The molecule has 0 unspecified atom stereocenters. The summed E-state index contributed by atoms with van der Waals surface area (Å²) in [5.74, 6) is 1.43. The van der Waals surface area contributed by atoms with Gasteiger partial charge < -0.3 is 5.32 Å². The van der Waals surface area contributed by atoms with Gasteiger partial charge in [0.25, 0.3) is 0 Å². The quantitative estimate of drug-likeness (QED) is 0.738. The van der Waals surface area contributed by atoms with Gasteiger partial charge in [-0.15, -0.1) is 10.2 Å². The predicted molar refractivity (Wildman–Crippen MR) is 51.6 cm³/mol. The molecule has 0 bridgehead atoms. The monoisotopic (exact) mass is 190 g/mol. The molecule has 2 rings (SSSR count). The van der Waals surface area contributed by atoms with E-state index in [2.05, 4.69) is 25.5 Å². The molecule has 0 spiro atoms. The summed E-state index contributed by atoms with van der Waals surface area (Å²) in [7, 11) is 3.68. The fourth-order valence-electron chi connectivity index (χ4n) is 1.19. The van der Waals surface area contributed by atoms with Crippen molar-refractivity contribution in [2.24, 2.45) is 7.05 Å². The van der Waals surface area contributed by atoms with E-state index < -0.39 is 0 Å². The molecule has 0 aliphatic heterocycles. The highest BCUT2D eigenvalue weighted by Gasteiger charge is 2.09. The molecular formula is C8H10N6. The molecule has 0 amide bonds. The number of nitrogens with one attached hydrogen (secondary N) is 1. The van der Waals surface area contributed by atoms with Crippen molar-refractivity contribution >= 4 is 5.95 Å². The van der Waals surface area contributed by atoms with E-state index in [1.165, 1.54) is 6.33 Å². The molecule has 72 valence electrons. The Kier molecular flexibility index (Phi) is 2.10. The summed E-state index contributed by atoms with van der Waals surface area (Å²) >= 11 is 0. The second-order valence-electron chi connectivity index (χ2n) is 2.75. The SMILES string of the molecule is CNc1nnc(-c2ccncn2)n1C. The zero-order valence-corrected chi connectivity index (χ0v) is 7.97.